The van der Waals surface area contributed by atoms with Crippen molar-refractivity contribution in [1.82, 2.24) is 0 Å². The Balaban J connectivity index is 1.96. The van der Waals surface area contributed by atoms with E-state index in [4.69, 9.17) is 9.31 Å². The third-order valence-electron chi connectivity index (χ3n) is 5.74. The van der Waals surface area contributed by atoms with Gasteiger partial charge in [-0.1, -0.05) is 42.5 Å². The summed E-state index contributed by atoms with van der Waals surface area (Å²) in [5.41, 5.74) is 1.09. The monoisotopic (exact) mass is 347 g/mol. The molecule has 4 heteroatoms. The molecule has 1 heterocycles. The van der Waals surface area contributed by atoms with Crippen molar-refractivity contribution in [2.24, 2.45) is 0 Å². The highest BCUT2D eigenvalue weighted by molar-refractivity contribution is 6.45. The van der Waals surface area contributed by atoms with E-state index in [1.807, 2.05) is 30.3 Å². The Morgan fingerprint density at radius 1 is 1.12 bits per heavy atom. The highest BCUT2D eigenvalue weighted by Crippen LogP contribution is 2.41. The van der Waals surface area contributed by atoms with Crippen molar-refractivity contribution in [2.75, 3.05) is 0 Å². The van der Waals surface area contributed by atoms with Crippen molar-refractivity contribution < 1.29 is 9.31 Å². The maximum atomic E-state index is 9.82. The molecular weight excluding hydrogens is 321 g/mol. The normalized spacial score (nSPS) is 19.3. The maximum absolute atomic E-state index is 9.82. The fraction of sp³-hybridized carbons (Fsp3) is 0.409. The van der Waals surface area contributed by atoms with Gasteiger partial charge in [0.05, 0.1) is 16.8 Å². The predicted octanol–water partition coefficient (Wildman–Crippen LogP) is 5.46. The Labute approximate surface area is 156 Å². The molecule has 1 saturated heterocycles. The Morgan fingerprint density at radius 2 is 1.77 bits per heavy atom. The van der Waals surface area contributed by atoms with Gasteiger partial charge in [-0.25, -0.2) is 0 Å². The Bertz CT molecular complexity index is 850. The molecule has 1 aliphatic heterocycles. The summed E-state index contributed by atoms with van der Waals surface area (Å²) in [5, 5.41) is 11.9. The first-order chi connectivity index (χ1) is 12.3. The lowest BCUT2D eigenvalue weighted by atomic mass is 9.72. The van der Waals surface area contributed by atoms with E-state index in [1.165, 1.54) is 0 Å². The third kappa shape index (κ3) is 3.30. The van der Waals surface area contributed by atoms with E-state index in [0.717, 1.165) is 28.3 Å². The summed E-state index contributed by atoms with van der Waals surface area (Å²) >= 11 is 0. The van der Waals surface area contributed by atoms with E-state index in [9.17, 15) is 5.26 Å². The quantitative estimate of drug-likeness (QED) is 0.532. The minimum atomic E-state index is -0.349. The zero-order valence-corrected chi connectivity index (χ0v) is 16.1. The maximum Gasteiger partial charge on any atom is 0.458 e. The van der Waals surface area contributed by atoms with Crippen LogP contribution in [0.2, 0.25) is 6.32 Å². The van der Waals surface area contributed by atoms with E-state index in [1.54, 1.807) is 0 Å². The average molecular weight is 347 g/mol. The first-order valence-electron chi connectivity index (χ1n) is 9.17. The minimum absolute atomic E-state index is 0.126. The predicted molar refractivity (Wildman–Crippen MR) is 107 cm³/mol. The molecule has 0 N–H and O–H groups in total. The molecule has 0 aromatic heterocycles. The number of allylic oxidation sites excluding steroid dienone is 1. The molecule has 134 valence electrons. The number of fused-ring (bicyclic) bond motifs is 1. The highest BCUT2D eigenvalue weighted by atomic mass is 16.7. The lowest BCUT2D eigenvalue weighted by molar-refractivity contribution is 0.00578. The van der Waals surface area contributed by atoms with Crippen LogP contribution in [0.5, 0.6) is 0 Å². The molecule has 1 fully saturated rings. The third-order valence-corrected chi connectivity index (χ3v) is 5.74. The van der Waals surface area contributed by atoms with Gasteiger partial charge < -0.3 is 9.31 Å². The largest absolute Gasteiger partial charge is 0.458 e. The van der Waals surface area contributed by atoms with Gasteiger partial charge in [-0.05, 0) is 62.7 Å². The second-order valence-electron chi connectivity index (χ2n) is 8.01. The van der Waals surface area contributed by atoms with Gasteiger partial charge in [-0.3, -0.25) is 0 Å². The fourth-order valence-corrected chi connectivity index (χ4v) is 3.60. The standard InChI is InChI=1S/C22H26BNO2/c1-6-9-17(14-23-25-21(2,3)22(4,5)26-23)19-13-12-16-10-7-8-11-18(16)20(19)15-24/h6-8,10-13,17H,1,9,14H2,2-5H3. The summed E-state index contributed by atoms with van der Waals surface area (Å²) in [6.45, 7) is 12.2. The van der Waals surface area contributed by atoms with Crippen molar-refractivity contribution in [2.45, 2.75) is 57.6 Å². The van der Waals surface area contributed by atoms with Crippen LogP contribution in [0, 0.1) is 11.3 Å². The first kappa shape index (κ1) is 18.7. The zero-order valence-electron chi connectivity index (χ0n) is 16.1. The summed E-state index contributed by atoms with van der Waals surface area (Å²) in [6.07, 6.45) is 3.38. The number of nitriles is 1. The van der Waals surface area contributed by atoms with Gasteiger partial charge >= 0.3 is 7.12 Å². The lowest BCUT2D eigenvalue weighted by Gasteiger charge is -2.32. The number of hydrogen-bond acceptors (Lipinski definition) is 3. The Morgan fingerprint density at radius 3 is 2.38 bits per heavy atom. The van der Waals surface area contributed by atoms with E-state index in [0.29, 0.717) is 6.32 Å². The van der Waals surface area contributed by atoms with E-state index in [2.05, 4.69) is 52.5 Å². The van der Waals surface area contributed by atoms with Gasteiger partial charge in [0.2, 0.25) is 0 Å². The Hall–Kier alpha value is -2.09. The van der Waals surface area contributed by atoms with Crippen LogP contribution in [0.25, 0.3) is 10.8 Å². The van der Waals surface area contributed by atoms with Crippen molar-refractivity contribution in [3.63, 3.8) is 0 Å². The van der Waals surface area contributed by atoms with E-state index >= 15 is 0 Å². The van der Waals surface area contributed by atoms with Crippen molar-refractivity contribution in [3.05, 3.63) is 60.2 Å². The van der Waals surface area contributed by atoms with Crippen molar-refractivity contribution in [3.8, 4) is 6.07 Å². The van der Waals surface area contributed by atoms with Gasteiger partial charge in [0.15, 0.2) is 0 Å². The van der Waals surface area contributed by atoms with Gasteiger partial charge in [0.25, 0.3) is 0 Å². The fourth-order valence-electron chi connectivity index (χ4n) is 3.60. The molecule has 3 rings (SSSR count). The molecule has 2 aromatic carbocycles. The summed E-state index contributed by atoms with van der Waals surface area (Å²) in [5.74, 6) is 0.126. The number of hydrogen-bond donors (Lipinski definition) is 0. The molecule has 0 bridgehead atoms. The summed E-state index contributed by atoms with van der Waals surface area (Å²) < 4.78 is 12.4. The smallest absolute Gasteiger partial charge is 0.403 e. The second kappa shape index (κ2) is 6.91. The molecule has 0 aliphatic carbocycles. The number of benzene rings is 2. The summed E-state index contributed by atoms with van der Waals surface area (Å²) in [7, 11) is -0.289. The molecular formula is C22H26BNO2. The molecule has 0 spiro atoms. The van der Waals surface area contributed by atoms with Gasteiger partial charge in [-0.2, -0.15) is 5.26 Å². The second-order valence-corrected chi connectivity index (χ2v) is 8.01. The van der Waals surface area contributed by atoms with Crippen LogP contribution in [0.4, 0.5) is 0 Å². The first-order valence-corrected chi connectivity index (χ1v) is 9.17. The molecule has 0 radical (unpaired) electrons. The van der Waals surface area contributed by atoms with Gasteiger partial charge in [0, 0.05) is 0 Å². The molecule has 1 unspecified atom stereocenters. The van der Waals surface area contributed by atoms with Crippen LogP contribution in [0.1, 0.15) is 51.2 Å². The number of nitrogens with zero attached hydrogens (tertiary/aromatic N) is 1. The molecule has 0 amide bonds. The molecule has 1 aliphatic rings. The molecule has 0 saturated carbocycles. The minimum Gasteiger partial charge on any atom is -0.403 e. The molecule has 1 atom stereocenters. The van der Waals surface area contributed by atoms with Crippen molar-refractivity contribution >= 4 is 17.9 Å². The summed E-state index contributed by atoms with van der Waals surface area (Å²) in [6, 6.07) is 14.6. The SMILES string of the molecule is C=CCC(CB1OC(C)(C)C(C)(C)O1)c1ccc2ccccc2c1C#N. The van der Waals surface area contributed by atoms with Crippen LogP contribution in [0.15, 0.2) is 49.1 Å². The van der Waals surface area contributed by atoms with Crippen molar-refractivity contribution in [1.29, 1.82) is 5.26 Å². The van der Waals surface area contributed by atoms with Gasteiger partial charge in [-0.15, -0.1) is 6.58 Å². The van der Waals surface area contributed by atoms with Crippen LogP contribution >= 0.6 is 0 Å². The molecule has 3 nitrogen and oxygen atoms in total. The van der Waals surface area contributed by atoms with Crippen LogP contribution in [-0.2, 0) is 9.31 Å². The van der Waals surface area contributed by atoms with Gasteiger partial charge in [0.1, 0.15) is 6.07 Å². The number of rotatable bonds is 5. The van der Waals surface area contributed by atoms with E-state index < -0.39 is 0 Å². The highest BCUT2D eigenvalue weighted by Gasteiger charge is 2.51. The molecule has 2 aromatic rings. The van der Waals surface area contributed by atoms with Crippen LogP contribution in [0.3, 0.4) is 0 Å². The van der Waals surface area contributed by atoms with Crippen LogP contribution in [-0.4, -0.2) is 18.3 Å². The summed E-state index contributed by atoms with van der Waals surface area (Å²) in [4.78, 5) is 0. The van der Waals surface area contributed by atoms with Crippen LogP contribution < -0.4 is 0 Å². The lowest BCUT2D eigenvalue weighted by Crippen LogP contribution is -2.41. The zero-order chi connectivity index (χ0) is 18.9. The average Bonchev–Trinajstić information content (AvgIpc) is 2.80. The van der Waals surface area contributed by atoms with E-state index in [-0.39, 0.29) is 24.2 Å². The topological polar surface area (TPSA) is 42.2 Å². The Kier molecular flexibility index (Phi) is 4.97. The molecule has 26 heavy (non-hydrogen) atoms.